The predicted octanol–water partition coefficient (Wildman–Crippen LogP) is 3.69. The first-order chi connectivity index (χ1) is 7.88. The molecule has 0 radical (unpaired) electrons. The predicted molar refractivity (Wildman–Crippen MR) is 76.3 cm³/mol. The molecule has 1 aliphatic rings. The van der Waals surface area contributed by atoms with Crippen molar-refractivity contribution in [3.63, 3.8) is 0 Å². The number of likely N-dealkylation sites (tertiary alicyclic amines) is 1. The number of rotatable bonds is 5. The molecule has 0 spiro atoms. The van der Waals surface area contributed by atoms with E-state index in [2.05, 4.69) is 48.5 Å². The van der Waals surface area contributed by atoms with Crippen molar-refractivity contribution in [2.24, 2.45) is 17.3 Å². The van der Waals surface area contributed by atoms with Gasteiger partial charge in [0.2, 0.25) is 5.91 Å². The van der Waals surface area contributed by atoms with Crippen molar-refractivity contribution in [1.29, 1.82) is 0 Å². The Balaban J connectivity index is 2.54. The molecule has 1 saturated heterocycles. The van der Waals surface area contributed by atoms with Crippen molar-refractivity contribution >= 4 is 21.8 Å². The maximum Gasteiger partial charge on any atom is 0.222 e. The van der Waals surface area contributed by atoms with E-state index in [1.54, 1.807) is 0 Å². The van der Waals surface area contributed by atoms with E-state index in [1.165, 1.54) is 12.8 Å². The lowest BCUT2D eigenvalue weighted by atomic mass is 9.82. The molecule has 3 heteroatoms. The van der Waals surface area contributed by atoms with Gasteiger partial charge in [0, 0.05) is 24.8 Å². The zero-order valence-corrected chi connectivity index (χ0v) is 13.2. The Bertz CT molecular complexity index is 259. The summed E-state index contributed by atoms with van der Waals surface area (Å²) in [4.78, 5) is 14.0. The number of carbonyl (C=O) groups excluding carboxylic acids is 1. The summed E-state index contributed by atoms with van der Waals surface area (Å²) >= 11 is 3.59. The maximum absolute atomic E-state index is 11.9. The summed E-state index contributed by atoms with van der Waals surface area (Å²) in [6.07, 6.45) is 3.15. The first-order valence-corrected chi connectivity index (χ1v) is 7.84. The number of alkyl halides is 1. The van der Waals surface area contributed by atoms with Crippen LogP contribution in [0.2, 0.25) is 0 Å². The van der Waals surface area contributed by atoms with E-state index in [0.717, 1.165) is 24.8 Å². The second kappa shape index (κ2) is 6.21. The lowest BCUT2D eigenvalue weighted by molar-refractivity contribution is -0.128. The molecule has 0 N–H and O–H groups in total. The number of amides is 1. The third-order valence-electron chi connectivity index (χ3n) is 3.84. The Labute approximate surface area is 114 Å². The average Bonchev–Trinajstić information content (AvgIpc) is 2.54. The Morgan fingerprint density at radius 2 is 2.12 bits per heavy atom. The number of hydrogen-bond donors (Lipinski definition) is 0. The first-order valence-electron chi connectivity index (χ1n) is 6.72. The molecule has 1 rings (SSSR count). The van der Waals surface area contributed by atoms with Crippen LogP contribution in [0, 0.1) is 17.3 Å². The first kappa shape index (κ1) is 15.0. The van der Waals surface area contributed by atoms with Crippen molar-refractivity contribution in [2.75, 3.05) is 18.4 Å². The van der Waals surface area contributed by atoms with E-state index in [-0.39, 0.29) is 5.41 Å². The molecule has 17 heavy (non-hydrogen) atoms. The van der Waals surface area contributed by atoms with Crippen molar-refractivity contribution in [2.45, 2.75) is 47.0 Å². The molecule has 0 aromatic rings. The number of nitrogens with zero attached hydrogens (tertiary/aromatic N) is 1. The summed E-state index contributed by atoms with van der Waals surface area (Å²) < 4.78 is 0. The van der Waals surface area contributed by atoms with Gasteiger partial charge in [-0.2, -0.15) is 0 Å². The van der Waals surface area contributed by atoms with E-state index in [0.29, 0.717) is 17.7 Å². The van der Waals surface area contributed by atoms with Crippen LogP contribution < -0.4 is 0 Å². The summed E-state index contributed by atoms with van der Waals surface area (Å²) in [5.41, 5.74) is 0.257. The van der Waals surface area contributed by atoms with E-state index < -0.39 is 0 Å². The van der Waals surface area contributed by atoms with Gasteiger partial charge in [-0.05, 0) is 23.7 Å². The summed E-state index contributed by atoms with van der Waals surface area (Å²) in [6.45, 7) is 10.8. The largest absolute Gasteiger partial charge is 0.342 e. The molecule has 0 saturated carbocycles. The molecule has 2 atom stereocenters. The van der Waals surface area contributed by atoms with Gasteiger partial charge in [0.05, 0.1) is 0 Å². The zero-order chi connectivity index (χ0) is 13.1. The fourth-order valence-electron chi connectivity index (χ4n) is 2.45. The van der Waals surface area contributed by atoms with Crippen LogP contribution in [0.25, 0.3) is 0 Å². The minimum atomic E-state index is 0.257. The van der Waals surface area contributed by atoms with Crippen LogP contribution in [0.3, 0.4) is 0 Å². The molecule has 0 bridgehead atoms. The normalized spacial score (nSPS) is 23.2. The summed E-state index contributed by atoms with van der Waals surface area (Å²) in [7, 11) is 0. The molecule has 2 nitrogen and oxygen atoms in total. The third kappa shape index (κ3) is 4.27. The number of carbonyl (C=O) groups is 1. The van der Waals surface area contributed by atoms with Gasteiger partial charge in [-0.15, -0.1) is 0 Å². The monoisotopic (exact) mass is 303 g/mol. The highest BCUT2D eigenvalue weighted by atomic mass is 79.9. The molecule has 1 aliphatic heterocycles. The molecular weight excluding hydrogens is 278 g/mol. The van der Waals surface area contributed by atoms with Crippen LogP contribution in [0.5, 0.6) is 0 Å². The third-order valence-corrected chi connectivity index (χ3v) is 4.62. The van der Waals surface area contributed by atoms with Crippen LogP contribution >= 0.6 is 15.9 Å². The van der Waals surface area contributed by atoms with Crippen LogP contribution in [-0.4, -0.2) is 29.2 Å². The Kier molecular flexibility index (Phi) is 5.49. The average molecular weight is 304 g/mol. The maximum atomic E-state index is 11.9. The fraction of sp³-hybridized carbons (Fsp3) is 0.929. The second-order valence-corrected chi connectivity index (χ2v) is 7.02. The van der Waals surface area contributed by atoms with E-state index >= 15 is 0 Å². The van der Waals surface area contributed by atoms with Crippen molar-refractivity contribution in [1.82, 2.24) is 4.90 Å². The molecule has 1 amide bonds. The summed E-state index contributed by atoms with van der Waals surface area (Å²) in [6, 6.07) is 0. The smallest absolute Gasteiger partial charge is 0.222 e. The van der Waals surface area contributed by atoms with Gasteiger partial charge in [-0.1, -0.05) is 50.0 Å². The van der Waals surface area contributed by atoms with Crippen molar-refractivity contribution in [3.8, 4) is 0 Å². The van der Waals surface area contributed by atoms with Gasteiger partial charge >= 0.3 is 0 Å². The lowest BCUT2D eigenvalue weighted by Crippen LogP contribution is -2.37. The fourth-order valence-corrected chi connectivity index (χ4v) is 3.63. The van der Waals surface area contributed by atoms with Gasteiger partial charge in [-0.25, -0.2) is 0 Å². The molecule has 0 aromatic heterocycles. The zero-order valence-electron chi connectivity index (χ0n) is 11.6. The Morgan fingerprint density at radius 1 is 1.47 bits per heavy atom. The molecule has 2 unspecified atom stereocenters. The van der Waals surface area contributed by atoms with E-state index in [1.807, 2.05) is 0 Å². The van der Waals surface area contributed by atoms with Gasteiger partial charge in [0.1, 0.15) is 0 Å². The molecule has 0 aromatic carbocycles. The molecule has 100 valence electrons. The second-order valence-electron chi connectivity index (χ2n) is 6.37. The standard InChI is InChI=1S/C14H26BrNO/c1-5-6-11-7-13(17)16(9-11)10-12(8-15)14(2,3)4/h11-12H,5-10H2,1-4H3. The van der Waals surface area contributed by atoms with Gasteiger partial charge in [0.25, 0.3) is 0 Å². The van der Waals surface area contributed by atoms with Crippen LogP contribution in [0.4, 0.5) is 0 Å². The van der Waals surface area contributed by atoms with Gasteiger partial charge in [-0.3, -0.25) is 4.79 Å². The Morgan fingerprint density at radius 3 is 2.59 bits per heavy atom. The van der Waals surface area contributed by atoms with Crippen molar-refractivity contribution < 1.29 is 4.79 Å². The van der Waals surface area contributed by atoms with Gasteiger partial charge < -0.3 is 4.90 Å². The van der Waals surface area contributed by atoms with E-state index in [4.69, 9.17) is 0 Å². The number of halogens is 1. The van der Waals surface area contributed by atoms with Gasteiger partial charge in [0.15, 0.2) is 0 Å². The Hall–Kier alpha value is -0.0500. The molecular formula is C14H26BrNO. The highest BCUT2D eigenvalue weighted by Gasteiger charge is 2.33. The molecule has 1 fully saturated rings. The van der Waals surface area contributed by atoms with E-state index in [9.17, 15) is 4.79 Å². The summed E-state index contributed by atoms with van der Waals surface area (Å²) in [5.74, 6) is 1.49. The molecule has 0 aliphatic carbocycles. The SMILES string of the molecule is CCCC1CC(=O)N(CC(CBr)C(C)(C)C)C1. The number of hydrogen-bond acceptors (Lipinski definition) is 1. The molecule has 1 heterocycles. The van der Waals surface area contributed by atoms with Crippen LogP contribution in [0.15, 0.2) is 0 Å². The van der Waals surface area contributed by atoms with Crippen molar-refractivity contribution in [3.05, 3.63) is 0 Å². The minimum absolute atomic E-state index is 0.257. The highest BCUT2D eigenvalue weighted by Crippen LogP contribution is 2.31. The lowest BCUT2D eigenvalue weighted by Gasteiger charge is -2.32. The van der Waals surface area contributed by atoms with Crippen LogP contribution in [-0.2, 0) is 4.79 Å². The quantitative estimate of drug-likeness (QED) is 0.709. The topological polar surface area (TPSA) is 20.3 Å². The summed E-state index contributed by atoms with van der Waals surface area (Å²) in [5, 5.41) is 0.971. The highest BCUT2D eigenvalue weighted by molar-refractivity contribution is 9.09. The minimum Gasteiger partial charge on any atom is -0.342 e. The van der Waals surface area contributed by atoms with Crippen LogP contribution in [0.1, 0.15) is 47.0 Å².